The van der Waals surface area contributed by atoms with Gasteiger partial charge in [0, 0.05) is 56.5 Å². The van der Waals surface area contributed by atoms with Gasteiger partial charge in [0.05, 0.1) is 17.8 Å². The van der Waals surface area contributed by atoms with Gasteiger partial charge in [-0.05, 0) is 49.3 Å². The molecule has 0 aromatic carbocycles. The van der Waals surface area contributed by atoms with E-state index in [2.05, 4.69) is 21.0 Å². The molecule has 152 valence electrons. The van der Waals surface area contributed by atoms with Gasteiger partial charge in [0.15, 0.2) is 5.65 Å². The monoisotopic (exact) mass is 393 g/mol. The van der Waals surface area contributed by atoms with Crippen LogP contribution in [-0.4, -0.2) is 70.2 Å². The summed E-state index contributed by atoms with van der Waals surface area (Å²) >= 11 is 0. The van der Waals surface area contributed by atoms with Crippen molar-refractivity contribution in [1.29, 1.82) is 0 Å². The van der Waals surface area contributed by atoms with Gasteiger partial charge in [-0.2, -0.15) is 0 Å². The number of methoxy groups -OCH3 is 1. The standard InChI is InChI=1S/C22H27N5O2/c1-29-16-3-2-10-27(14-16)22(28)26-11-6-15(7-12-26)17-4-8-23-19-13-25-21-18(20(17)19)5-9-24-21/h4-5,8-9,13,15-16,23H,2-3,6-7,10-12,14H2,1H3. The van der Waals surface area contributed by atoms with Crippen molar-refractivity contribution >= 4 is 28.0 Å². The summed E-state index contributed by atoms with van der Waals surface area (Å²) in [5.74, 6) is 0.435. The number of aromatic amines is 1. The Morgan fingerprint density at radius 2 is 2.00 bits per heavy atom. The van der Waals surface area contributed by atoms with E-state index in [0.717, 1.165) is 61.9 Å². The molecule has 0 aliphatic carbocycles. The van der Waals surface area contributed by atoms with Crippen LogP contribution in [0, 0.1) is 0 Å². The smallest absolute Gasteiger partial charge is 0.320 e. The molecule has 2 aliphatic heterocycles. The van der Waals surface area contributed by atoms with Crippen LogP contribution in [0.15, 0.2) is 30.7 Å². The molecule has 7 nitrogen and oxygen atoms in total. The Morgan fingerprint density at radius 3 is 2.83 bits per heavy atom. The average molecular weight is 393 g/mol. The van der Waals surface area contributed by atoms with Crippen LogP contribution in [0.5, 0.6) is 0 Å². The molecule has 2 fully saturated rings. The number of urea groups is 1. The SMILES string of the molecule is COC1CCCN(C(=O)N2CCC(c3cc[nH]c4cnc5nccc5c34)CC2)C1. The third-order valence-electron chi connectivity index (χ3n) is 6.51. The lowest BCUT2D eigenvalue weighted by Gasteiger charge is -2.39. The Bertz CT molecular complexity index is 1020. The molecule has 1 unspecified atom stereocenters. The highest BCUT2D eigenvalue weighted by atomic mass is 16.5. The zero-order chi connectivity index (χ0) is 19.8. The summed E-state index contributed by atoms with van der Waals surface area (Å²) < 4.78 is 5.48. The molecule has 2 amide bonds. The van der Waals surface area contributed by atoms with E-state index in [1.807, 2.05) is 34.5 Å². The minimum atomic E-state index is 0.170. The van der Waals surface area contributed by atoms with E-state index >= 15 is 0 Å². The van der Waals surface area contributed by atoms with E-state index < -0.39 is 0 Å². The second kappa shape index (κ2) is 7.63. The molecular formula is C22H27N5O2. The van der Waals surface area contributed by atoms with Crippen LogP contribution in [0.2, 0.25) is 0 Å². The highest BCUT2D eigenvalue weighted by molar-refractivity contribution is 6.05. The molecule has 29 heavy (non-hydrogen) atoms. The molecule has 3 aromatic rings. The number of piperidine rings is 2. The Hall–Kier alpha value is -2.67. The zero-order valence-electron chi connectivity index (χ0n) is 16.8. The summed E-state index contributed by atoms with van der Waals surface area (Å²) in [7, 11) is 1.74. The molecule has 2 saturated heterocycles. The molecule has 1 N–H and O–H groups in total. The highest BCUT2D eigenvalue weighted by Crippen LogP contribution is 2.35. The lowest BCUT2D eigenvalue weighted by atomic mass is 9.87. The fraction of sp³-hybridized carbons (Fsp3) is 0.500. The number of fused-ring (bicyclic) bond motifs is 3. The Balaban J connectivity index is 1.33. The van der Waals surface area contributed by atoms with Gasteiger partial charge in [-0.25, -0.2) is 14.8 Å². The number of carbonyl (C=O) groups is 1. The molecule has 3 aromatic heterocycles. The number of aromatic nitrogens is 3. The van der Waals surface area contributed by atoms with Gasteiger partial charge in [-0.15, -0.1) is 0 Å². The molecule has 0 bridgehead atoms. The second-order valence-electron chi connectivity index (χ2n) is 8.15. The zero-order valence-corrected chi connectivity index (χ0v) is 16.8. The van der Waals surface area contributed by atoms with E-state index in [9.17, 15) is 4.79 Å². The predicted octanol–water partition coefficient (Wildman–Crippen LogP) is 3.52. The van der Waals surface area contributed by atoms with Crippen molar-refractivity contribution in [3.05, 3.63) is 36.3 Å². The van der Waals surface area contributed by atoms with Crippen molar-refractivity contribution in [3.8, 4) is 0 Å². The fourth-order valence-corrected chi connectivity index (χ4v) is 4.91. The molecule has 0 saturated carbocycles. The van der Waals surface area contributed by atoms with Gasteiger partial charge in [0.25, 0.3) is 0 Å². The second-order valence-corrected chi connectivity index (χ2v) is 8.15. The predicted molar refractivity (Wildman–Crippen MR) is 112 cm³/mol. The molecule has 5 rings (SSSR count). The van der Waals surface area contributed by atoms with Crippen LogP contribution in [0.25, 0.3) is 21.9 Å². The topological polar surface area (TPSA) is 74.3 Å². The van der Waals surface area contributed by atoms with Crippen molar-refractivity contribution in [2.45, 2.75) is 37.7 Å². The highest BCUT2D eigenvalue weighted by Gasteiger charge is 2.30. The average Bonchev–Trinajstić information content (AvgIpc) is 3.27. The lowest BCUT2D eigenvalue weighted by Crippen LogP contribution is -2.51. The normalized spacial score (nSPS) is 21.2. The van der Waals surface area contributed by atoms with Crippen LogP contribution in [0.4, 0.5) is 4.79 Å². The number of ether oxygens (including phenoxy) is 1. The number of amides is 2. The first-order valence-corrected chi connectivity index (χ1v) is 10.5. The van der Waals surface area contributed by atoms with Crippen LogP contribution in [0.1, 0.15) is 37.2 Å². The Kier molecular flexibility index (Phi) is 4.83. The van der Waals surface area contributed by atoms with Crippen molar-refractivity contribution in [3.63, 3.8) is 0 Å². The summed E-state index contributed by atoms with van der Waals surface area (Å²) in [6, 6.07) is 4.40. The third-order valence-corrected chi connectivity index (χ3v) is 6.51. The Labute approximate surface area is 170 Å². The van der Waals surface area contributed by atoms with Crippen LogP contribution in [0.3, 0.4) is 0 Å². The van der Waals surface area contributed by atoms with Crippen LogP contribution in [-0.2, 0) is 4.74 Å². The largest absolute Gasteiger partial charge is 0.380 e. The van der Waals surface area contributed by atoms with E-state index in [1.165, 1.54) is 10.9 Å². The van der Waals surface area contributed by atoms with Crippen molar-refractivity contribution in [2.75, 3.05) is 33.3 Å². The molecule has 0 radical (unpaired) electrons. The minimum Gasteiger partial charge on any atom is -0.380 e. The first-order chi connectivity index (χ1) is 14.2. The molecule has 1 atom stereocenters. The van der Waals surface area contributed by atoms with Gasteiger partial charge in [0.2, 0.25) is 0 Å². The van der Waals surface area contributed by atoms with Crippen LogP contribution >= 0.6 is 0 Å². The van der Waals surface area contributed by atoms with Gasteiger partial charge < -0.3 is 19.5 Å². The van der Waals surface area contributed by atoms with E-state index in [-0.39, 0.29) is 12.1 Å². The lowest BCUT2D eigenvalue weighted by molar-refractivity contribution is 0.0348. The van der Waals surface area contributed by atoms with Gasteiger partial charge >= 0.3 is 6.03 Å². The number of hydrogen-bond acceptors (Lipinski definition) is 4. The maximum atomic E-state index is 13.0. The van der Waals surface area contributed by atoms with Crippen LogP contribution < -0.4 is 0 Å². The van der Waals surface area contributed by atoms with Crippen molar-refractivity contribution < 1.29 is 9.53 Å². The molecule has 2 aliphatic rings. The summed E-state index contributed by atoms with van der Waals surface area (Å²) in [6.45, 7) is 3.15. The number of carbonyl (C=O) groups excluding carboxylic acids is 1. The fourth-order valence-electron chi connectivity index (χ4n) is 4.91. The van der Waals surface area contributed by atoms with Gasteiger partial charge in [-0.1, -0.05) is 0 Å². The maximum Gasteiger partial charge on any atom is 0.320 e. The van der Waals surface area contributed by atoms with Crippen molar-refractivity contribution in [1.82, 2.24) is 24.8 Å². The summed E-state index contributed by atoms with van der Waals surface area (Å²) in [5, 5.41) is 2.32. The molecular weight excluding hydrogens is 366 g/mol. The number of pyridine rings is 2. The minimum absolute atomic E-state index is 0.170. The van der Waals surface area contributed by atoms with Gasteiger partial charge in [-0.3, -0.25) is 0 Å². The number of likely N-dealkylation sites (tertiary alicyclic amines) is 2. The maximum absolute atomic E-state index is 13.0. The van der Waals surface area contributed by atoms with Crippen molar-refractivity contribution in [2.24, 2.45) is 0 Å². The third kappa shape index (κ3) is 3.33. The number of hydrogen-bond donors (Lipinski definition) is 1. The quantitative estimate of drug-likeness (QED) is 0.723. The number of nitrogens with one attached hydrogen (secondary N) is 1. The van der Waals surface area contributed by atoms with E-state index in [1.54, 1.807) is 7.11 Å². The van der Waals surface area contributed by atoms with E-state index in [4.69, 9.17) is 4.74 Å². The summed E-state index contributed by atoms with van der Waals surface area (Å²) in [4.78, 5) is 29.1. The molecule has 0 spiro atoms. The van der Waals surface area contributed by atoms with Gasteiger partial charge in [0.1, 0.15) is 0 Å². The number of rotatable bonds is 2. The van der Waals surface area contributed by atoms with E-state index in [0.29, 0.717) is 12.5 Å². The first-order valence-electron chi connectivity index (χ1n) is 10.5. The Morgan fingerprint density at radius 1 is 1.14 bits per heavy atom. The number of H-pyrrole nitrogens is 1. The first kappa shape index (κ1) is 18.4. The molecule has 5 heterocycles. The molecule has 7 heteroatoms. The summed E-state index contributed by atoms with van der Waals surface area (Å²) in [6.07, 6.45) is 9.88. The number of nitrogens with zero attached hydrogens (tertiary/aromatic N) is 4. The summed E-state index contributed by atoms with van der Waals surface area (Å²) in [5.41, 5.74) is 3.17.